The summed E-state index contributed by atoms with van der Waals surface area (Å²) in [6.07, 6.45) is 1.50. The van der Waals surface area contributed by atoms with Crippen LogP contribution in [0, 0.1) is 0 Å². The van der Waals surface area contributed by atoms with Gasteiger partial charge in [0, 0.05) is 10.9 Å². The molecular weight excluding hydrogens is 394 g/mol. The molecule has 154 valence electrons. The SMILES string of the molecule is CC1(c2ccccc2)NC(=O)N(NC(=O)Cc2coc3ccc4ccccc4c23)C1=O. The molecule has 1 aliphatic rings. The quantitative estimate of drug-likeness (QED) is 0.500. The van der Waals surface area contributed by atoms with Crippen molar-refractivity contribution in [3.05, 3.63) is 84.1 Å². The Hall–Kier alpha value is -4.13. The fourth-order valence-corrected chi connectivity index (χ4v) is 4.05. The molecule has 2 N–H and O–H groups in total. The molecule has 1 fully saturated rings. The summed E-state index contributed by atoms with van der Waals surface area (Å²) < 4.78 is 5.62. The molecule has 7 nitrogen and oxygen atoms in total. The van der Waals surface area contributed by atoms with Crippen LogP contribution >= 0.6 is 0 Å². The third-order valence-corrected chi connectivity index (χ3v) is 5.67. The average Bonchev–Trinajstić information content (AvgIpc) is 3.29. The van der Waals surface area contributed by atoms with E-state index < -0.39 is 23.4 Å². The second-order valence-corrected chi connectivity index (χ2v) is 7.69. The minimum Gasteiger partial charge on any atom is -0.464 e. The maximum atomic E-state index is 13.0. The molecule has 2 heterocycles. The molecule has 4 amide bonds. The van der Waals surface area contributed by atoms with Crippen molar-refractivity contribution in [2.45, 2.75) is 18.9 Å². The highest BCUT2D eigenvalue weighted by Gasteiger charge is 2.49. The molecule has 1 atom stereocenters. The maximum Gasteiger partial charge on any atom is 0.344 e. The minimum atomic E-state index is -1.25. The van der Waals surface area contributed by atoms with Gasteiger partial charge in [-0.3, -0.25) is 15.0 Å². The first-order chi connectivity index (χ1) is 15.0. The fraction of sp³-hybridized carbons (Fsp3) is 0.125. The lowest BCUT2D eigenvalue weighted by atomic mass is 9.92. The zero-order valence-electron chi connectivity index (χ0n) is 16.7. The lowest BCUT2D eigenvalue weighted by Gasteiger charge is -2.22. The van der Waals surface area contributed by atoms with Crippen molar-refractivity contribution in [1.29, 1.82) is 0 Å². The molecule has 1 aliphatic heterocycles. The number of nitrogens with one attached hydrogen (secondary N) is 2. The van der Waals surface area contributed by atoms with E-state index in [9.17, 15) is 14.4 Å². The molecule has 1 unspecified atom stereocenters. The van der Waals surface area contributed by atoms with Gasteiger partial charge in [-0.25, -0.2) is 4.79 Å². The van der Waals surface area contributed by atoms with Gasteiger partial charge in [-0.15, -0.1) is 0 Å². The van der Waals surface area contributed by atoms with Gasteiger partial charge in [0.05, 0.1) is 12.7 Å². The Balaban J connectivity index is 1.40. The monoisotopic (exact) mass is 413 g/mol. The highest BCUT2D eigenvalue weighted by atomic mass is 16.3. The summed E-state index contributed by atoms with van der Waals surface area (Å²) >= 11 is 0. The van der Waals surface area contributed by atoms with Crippen LogP contribution in [0.25, 0.3) is 21.7 Å². The number of hydrazine groups is 1. The third-order valence-electron chi connectivity index (χ3n) is 5.67. The van der Waals surface area contributed by atoms with E-state index in [-0.39, 0.29) is 6.42 Å². The normalized spacial score (nSPS) is 18.5. The topological polar surface area (TPSA) is 91.7 Å². The van der Waals surface area contributed by atoms with E-state index in [1.165, 1.54) is 6.26 Å². The van der Waals surface area contributed by atoms with Crippen LogP contribution in [0.3, 0.4) is 0 Å². The average molecular weight is 413 g/mol. The first-order valence-electron chi connectivity index (χ1n) is 9.87. The number of carbonyl (C=O) groups excluding carboxylic acids is 3. The zero-order valence-corrected chi connectivity index (χ0v) is 16.7. The highest BCUT2D eigenvalue weighted by molar-refractivity contribution is 6.10. The summed E-state index contributed by atoms with van der Waals surface area (Å²) in [6, 6.07) is 19.9. The van der Waals surface area contributed by atoms with Gasteiger partial charge in [-0.2, -0.15) is 5.01 Å². The fourth-order valence-electron chi connectivity index (χ4n) is 4.05. The smallest absolute Gasteiger partial charge is 0.344 e. The molecule has 7 heteroatoms. The number of rotatable bonds is 4. The molecule has 0 saturated carbocycles. The number of benzene rings is 3. The van der Waals surface area contributed by atoms with E-state index in [2.05, 4.69) is 10.7 Å². The number of furan rings is 1. The van der Waals surface area contributed by atoms with E-state index in [0.29, 0.717) is 16.7 Å². The van der Waals surface area contributed by atoms with Gasteiger partial charge in [0.1, 0.15) is 11.1 Å². The largest absolute Gasteiger partial charge is 0.464 e. The molecule has 1 saturated heterocycles. The van der Waals surface area contributed by atoms with Crippen LogP contribution in [0.1, 0.15) is 18.1 Å². The molecule has 3 aromatic carbocycles. The number of hydrogen-bond donors (Lipinski definition) is 2. The number of nitrogens with zero attached hydrogens (tertiary/aromatic N) is 1. The van der Waals surface area contributed by atoms with Crippen LogP contribution in [0.4, 0.5) is 4.79 Å². The molecule has 0 aliphatic carbocycles. The van der Waals surface area contributed by atoms with E-state index in [4.69, 9.17) is 4.42 Å². The Kier molecular flexibility index (Phi) is 4.25. The molecule has 1 aromatic heterocycles. The standard InChI is InChI=1S/C24H19N3O4/c1-24(17-8-3-2-4-9-17)22(29)27(23(30)25-24)26-20(28)13-16-14-31-19-12-11-15-7-5-6-10-18(15)21(16)19/h2-12,14H,13H2,1H3,(H,25,30)(H,26,28). The van der Waals surface area contributed by atoms with Gasteiger partial charge in [0.2, 0.25) is 5.91 Å². The number of imide groups is 1. The lowest BCUT2D eigenvalue weighted by Crippen LogP contribution is -2.48. The van der Waals surface area contributed by atoms with Crippen molar-refractivity contribution in [1.82, 2.24) is 15.8 Å². The second kappa shape index (κ2) is 6.98. The molecule has 31 heavy (non-hydrogen) atoms. The summed E-state index contributed by atoms with van der Waals surface area (Å²) in [6.45, 7) is 1.62. The van der Waals surface area contributed by atoms with Crippen molar-refractivity contribution < 1.29 is 18.8 Å². The Morgan fingerprint density at radius 1 is 1.03 bits per heavy atom. The third kappa shape index (κ3) is 3.02. The molecular formula is C24H19N3O4. The van der Waals surface area contributed by atoms with Gasteiger partial charge < -0.3 is 9.73 Å². The molecule has 0 radical (unpaired) electrons. The van der Waals surface area contributed by atoms with Crippen molar-refractivity contribution in [3.63, 3.8) is 0 Å². The maximum absolute atomic E-state index is 13.0. The van der Waals surface area contributed by atoms with Crippen LogP contribution in [0.2, 0.25) is 0 Å². The van der Waals surface area contributed by atoms with Gasteiger partial charge >= 0.3 is 6.03 Å². The van der Waals surface area contributed by atoms with Crippen LogP contribution < -0.4 is 10.7 Å². The van der Waals surface area contributed by atoms with Gasteiger partial charge in [0.25, 0.3) is 5.91 Å². The number of urea groups is 1. The molecule has 5 rings (SSSR count). The van der Waals surface area contributed by atoms with E-state index in [1.54, 1.807) is 31.2 Å². The zero-order chi connectivity index (χ0) is 21.6. The first kappa shape index (κ1) is 18.9. The summed E-state index contributed by atoms with van der Waals surface area (Å²) in [5.41, 5.74) is 3.19. The number of carbonyl (C=O) groups is 3. The van der Waals surface area contributed by atoms with Crippen molar-refractivity contribution >= 4 is 39.6 Å². The Labute approximate surface area is 177 Å². The van der Waals surface area contributed by atoms with Crippen LogP contribution in [-0.4, -0.2) is 22.9 Å². The number of hydrogen-bond acceptors (Lipinski definition) is 4. The predicted molar refractivity (Wildman–Crippen MR) is 115 cm³/mol. The second-order valence-electron chi connectivity index (χ2n) is 7.69. The van der Waals surface area contributed by atoms with Gasteiger partial charge in [-0.05, 0) is 29.3 Å². The summed E-state index contributed by atoms with van der Waals surface area (Å²) in [5, 5.41) is 6.27. The van der Waals surface area contributed by atoms with Gasteiger partial charge in [0.15, 0.2) is 0 Å². The predicted octanol–water partition coefficient (Wildman–Crippen LogP) is 3.63. The molecule has 4 aromatic rings. The van der Waals surface area contributed by atoms with Crippen molar-refractivity contribution in [2.24, 2.45) is 0 Å². The van der Waals surface area contributed by atoms with Crippen LogP contribution in [0.15, 0.2) is 77.4 Å². The lowest BCUT2D eigenvalue weighted by molar-refractivity contribution is -0.138. The van der Waals surface area contributed by atoms with E-state index >= 15 is 0 Å². The van der Waals surface area contributed by atoms with E-state index in [1.807, 2.05) is 42.5 Å². The van der Waals surface area contributed by atoms with Crippen molar-refractivity contribution in [3.8, 4) is 0 Å². The van der Waals surface area contributed by atoms with Crippen LogP contribution in [0.5, 0.6) is 0 Å². The van der Waals surface area contributed by atoms with E-state index in [0.717, 1.165) is 21.2 Å². The number of fused-ring (bicyclic) bond motifs is 3. The highest BCUT2D eigenvalue weighted by Crippen LogP contribution is 2.31. The summed E-state index contributed by atoms with van der Waals surface area (Å²) in [5.74, 6) is -1.03. The van der Waals surface area contributed by atoms with Crippen LogP contribution in [-0.2, 0) is 21.5 Å². The Bertz CT molecular complexity index is 1340. The summed E-state index contributed by atoms with van der Waals surface area (Å²) in [7, 11) is 0. The minimum absolute atomic E-state index is 0.0415. The number of amides is 4. The Morgan fingerprint density at radius 2 is 1.77 bits per heavy atom. The molecule has 0 bridgehead atoms. The first-order valence-corrected chi connectivity index (χ1v) is 9.87. The summed E-state index contributed by atoms with van der Waals surface area (Å²) in [4.78, 5) is 38.2. The molecule has 0 spiro atoms. The van der Waals surface area contributed by atoms with Crippen molar-refractivity contribution in [2.75, 3.05) is 0 Å². The van der Waals surface area contributed by atoms with Gasteiger partial charge in [-0.1, -0.05) is 60.7 Å². The Morgan fingerprint density at radius 3 is 2.58 bits per heavy atom.